The second-order valence-corrected chi connectivity index (χ2v) is 5.34. The Morgan fingerprint density at radius 2 is 2.09 bits per heavy atom. The lowest BCUT2D eigenvalue weighted by molar-refractivity contribution is -0.123. The highest BCUT2D eigenvalue weighted by Gasteiger charge is 2.20. The molecule has 0 radical (unpaired) electrons. The number of carbonyl (C=O) groups excluding carboxylic acids is 1. The van der Waals surface area contributed by atoms with E-state index in [0.29, 0.717) is 24.6 Å². The molecule has 0 fully saturated rings. The first-order chi connectivity index (χ1) is 10.6. The number of hydrogen-bond acceptors (Lipinski definition) is 5. The lowest BCUT2D eigenvalue weighted by Gasteiger charge is -2.14. The van der Waals surface area contributed by atoms with Crippen molar-refractivity contribution in [3.8, 4) is 0 Å². The summed E-state index contributed by atoms with van der Waals surface area (Å²) in [4.78, 5) is 16.2. The topological polar surface area (TPSA) is 94.0 Å². The van der Waals surface area contributed by atoms with Crippen LogP contribution in [0.3, 0.4) is 0 Å². The number of amides is 1. The zero-order valence-corrected chi connectivity index (χ0v) is 13.0. The molecule has 1 aromatic heterocycles. The van der Waals surface area contributed by atoms with E-state index in [4.69, 9.17) is 10.3 Å². The normalized spacial score (nSPS) is 13.6. The Morgan fingerprint density at radius 1 is 1.36 bits per heavy atom. The van der Waals surface area contributed by atoms with E-state index in [9.17, 15) is 4.79 Å². The van der Waals surface area contributed by atoms with E-state index in [2.05, 4.69) is 15.5 Å². The Bertz CT molecular complexity index is 597. The zero-order chi connectivity index (χ0) is 15.9. The van der Waals surface area contributed by atoms with Crippen LogP contribution in [0, 0.1) is 0 Å². The fourth-order valence-electron chi connectivity index (χ4n) is 2.12. The number of nitrogens with one attached hydrogen (secondary N) is 1. The van der Waals surface area contributed by atoms with Crippen LogP contribution in [0.15, 0.2) is 34.9 Å². The molecule has 22 heavy (non-hydrogen) atoms. The molecule has 0 bridgehead atoms. The molecule has 0 aliphatic rings. The lowest BCUT2D eigenvalue weighted by atomic mass is 10.1. The fraction of sp³-hybridized carbons (Fsp3) is 0.438. The fourth-order valence-corrected chi connectivity index (χ4v) is 2.12. The second kappa shape index (κ2) is 7.70. The third-order valence-electron chi connectivity index (χ3n) is 3.35. The molecular formula is C16H22N4O2. The molecule has 6 heteroatoms. The smallest absolute Gasteiger partial charge is 0.248 e. The third-order valence-corrected chi connectivity index (χ3v) is 3.35. The molecule has 0 saturated heterocycles. The molecule has 3 N–H and O–H groups in total. The van der Waals surface area contributed by atoms with Crippen LogP contribution in [-0.4, -0.2) is 22.1 Å². The summed E-state index contributed by atoms with van der Waals surface area (Å²) < 4.78 is 5.22. The molecule has 0 aliphatic carbocycles. The van der Waals surface area contributed by atoms with Crippen LogP contribution in [0.25, 0.3) is 0 Å². The SMILES string of the molecule is CCCC(N)C(=O)NC(C)c1nc(Cc2ccccc2)no1. The van der Waals surface area contributed by atoms with Crippen molar-refractivity contribution in [2.75, 3.05) is 0 Å². The maximum atomic E-state index is 11.9. The van der Waals surface area contributed by atoms with Crippen LogP contribution in [0.2, 0.25) is 0 Å². The molecule has 1 heterocycles. The number of nitrogens with zero attached hydrogens (tertiary/aromatic N) is 2. The summed E-state index contributed by atoms with van der Waals surface area (Å²) in [6, 6.07) is 9.05. The van der Waals surface area contributed by atoms with Gasteiger partial charge in [0.25, 0.3) is 0 Å². The molecule has 0 spiro atoms. The molecule has 2 atom stereocenters. The first kappa shape index (κ1) is 16.2. The van der Waals surface area contributed by atoms with Gasteiger partial charge in [-0.1, -0.05) is 48.8 Å². The average Bonchev–Trinajstić information content (AvgIpc) is 2.97. The molecule has 0 saturated carbocycles. The number of benzene rings is 1. The Kier molecular flexibility index (Phi) is 5.66. The zero-order valence-electron chi connectivity index (χ0n) is 13.0. The van der Waals surface area contributed by atoms with Gasteiger partial charge in [-0.05, 0) is 18.9 Å². The quantitative estimate of drug-likeness (QED) is 0.815. The molecule has 1 amide bonds. The van der Waals surface area contributed by atoms with Gasteiger partial charge in [-0.15, -0.1) is 0 Å². The van der Waals surface area contributed by atoms with Crippen LogP contribution in [-0.2, 0) is 11.2 Å². The van der Waals surface area contributed by atoms with Crippen molar-refractivity contribution in [1.82, 2.24) is 15.5 Å². The van der Waals surface area contributed by atoms with Gasteiger partial charge in [-0.3, -0.25) is 4.79 Å². The number of carbonyl (C=O) groups is 1. The van der Waals surface area contributed by atoms with Gasteiger partial charge in [0.15, 0.2) is 5.82 Å². The first-order valence-corrected chi connectivity index (χ1v) is 7.52. The molecule has 2 rings (SSSR count). The molecular weight excluding hydrogens is 280 g/mol. The van der Waals surface area contributed by atoms with Gasteiger partial charge >= 0.3 is 0 Å². The van der Waals surface area contributed by atoms with E-state index >= 15 is 0 Å². The van der Waals surface area contributed by atoms with E-state index in [1.54, 1.807) is 6.92 Å². The number of rotatable bonds is 7. The van der Waals surface area contributed by atoms with Gasteiger partial charge in [-0.2, -0.15) is 4.98 Å². The van der Waals surface area contributed by atoms with E-state index < -0.39 is 6.04 Å². The predicted molar refractivity (Wildman–Crippen MR) is 83.0 cm³/mol. The molecule has 6 nitrogen and oxygen atoms in total. The van der Waals surface area contributed by atoms with Gasteiger partial charge in [0, 0.05) is 6.42 Å². The summed E-state index contributed by atoms with van der Waals surface area (Å²) in [5.41, 5.74) is 6.89. The number of aromatic nitrogens is 2. The van der Waals surface area contributed by atoms with Crippen molar-refractivity contribution >= 4 is 5.91 Å². The van der Waals surface area contributed by atoms with Crippen LogP contribution < -0.4 is 11.1 Å². The van der Waals surface area contributed by atoms with Gasteiger partial charge in [0.2, 0.25) is 11.8 Å². The second-order valence-electron chi connectivity index (χ2n) is 5.34. The minimum atomic E-state index is -0.501. The van der Waals surface area contributed by atoms with Gasteiger partial charge < -0.3 is 15.6 Å². The highest BCUT2D eigenvalue weighted by atomic mass is 16.5. The minimum Gasteiger partial charge on any atom is -0.343 e. The van der Waals surface area contributed by atoms with E-state index in [1.807, 2.05) is 37.3 Å². The van der Waals surface area contributed by atoms with Crippen molar-refractivity contribution in [2.45, 2.75) is 45.2 Å². The number of nitrogens with two attached hydrogens (primary N) is 1. The summed E-state index contributed by atoms with van der Waals surface area (Å²) in [5, 5.41) is 6.75. The monoisotopic (exact) mass is 302 g/mol. The largest absolute Gasteiger partial charge is 0.343 e. The van der Waals surface area contributed by atoms with Crippen LogP contribution >= 0.6 is 0 Å². The molecule has 0 aliphatic heterocycles. The van der Waals surface area contributed by atoms with E-state index in [1.165, 1.54) is 0 Å². The third kappa shape index (κ3) is 4.39. The summed E-state index contributed by atoms with van der Waals surface area (Å²) in [6.45, 7) is 3.79. The Labute approximate surface area is 130 Å². The molecule has 118 valence electrons. The molecule has 1 aromatic carbocycles. The Hall–Kier alpha value is -2.21. The van der Waals surface area contributed by atoms with E-state index in [0.717, 1.165) is 12.0 Å². The van der Waals surface area contributed by atoms with Crippen LogP contribution in [0.1, 0.15) is 50.0 Å². The van der Waals surface area contributed by atoms with Crippen LogP contribution in [0.5, 0.6) is 0 Å². The standard InChI is InChI=1S/C16H22N4O2/c1-3-7-13(17)15(21)18-11(2)16-19-14(20-22-16)10-12-8-5-4-6-9-12/h4-6,8-9,11,13H,3,7,10,17H2,1-2H3,(H,18,21). The van der Waals surface area contributed by atoms with Crippen molar-refractivity contribution in [3.63, 3.8) is 0 Å². The Balaban J connectivity index is 1.94. The van der Waals surface area contributed by atoms with Crippen molar-refractivity contribution in [1.29, 1.82) is 0 Å². The average molecular weight is 302 g/mol. The lowest BCUT2D eigenvalue weighted by Crippen LogP contribution is -2.41. The van der Waals surface area contributed by atoms with Crippen molar-refractivity contribution < 1.29 is 9.32 Å². The summed E-state index contributed by atoms with van der Waals surface area (Å²) in [7, 11) is 0. The Morgan fingerprint density at radius 3 is 2.77 bits per heavy atom. The first-order valence-electron chi connectivity index (χ1n) is 7.52. The maximum absolute atomic E-state index is 11.9. The number of hydrogen-bond donors (Lipinski definition) is 2. The van der Waals surface area contributed by atoms with E-state index in [-0.39, 0.29) is 11.9 Å². The summed E-state index contributed by atoms with van der Waals surface area (Å²) >= 11 is 0. The summed E-state index contributed by atoms with van der Waals surface area (Å²) in [6.07, 6.45) is 2.12. The highest BCUT2D eigenvalue weighted by Crippen LogP contribution is 2.12. The van der Waals surface area contributed by atoms with Gasteiger partial charge in [-0.25, -0.2) is 0 Å². The maximum Gasteiger partial charge on any atom is 0.248 e. The van der Waals surface area contributed by atoms with Gasteiger partial charge in [0.1, 0.15) is 6.04 Å². The van der Waals surface area contributed by atoms with Crippen molar-refractivity contribution in [3.05, 3.63) is 47.6 Å². The van der Waals surface area contributed by atoms with Gasteiger partial charge in [0.05, 0.1) is 6.04 Å². The van der Waals surface area contributed by atoms with Crippen LogP contribution in [0.4, 0.5) is 0 Å². The molecule has 2 unspecified atom stereocenters. The molecule has 2 aromatic rings. The minimum absolute atomic E-state index is 0.197. The predicted octanol–water partition coefficient (Wildman–Crippen LogP) is 1.97. The highest BCUT2D eigenvalue weighted by molar-refractivity contribution is 5.81. The summed E-state index contributed by atoms with van der Waals surface area (Å²) in [5.74, 6) is 0.792. The van der Waals surface area contributed by atoms with Crippen molar-refractivity contribution in [2.24, 2.45) is 5.73 Å².